The normalized spacial score (nSPS) is 23.3. The van der Waals surface area contributed by atoms with Crippen LogP contribution < -0.4 is 4.90 Å². The number of amides is 2. The summed E-state index contributed by atoms with van der Waals surface area (Å²) in [5.74, 6) is -2.14. The molecule has 1 fully saturated rings. The number of aliphatic carboxylic acids is 1. The van der Waals surface area contributed by atoms with Crippen LogP contribution in [0.15, 0.2) is 60.7 Å². The predicted molar refractivity (Wildman–Crippen MR) is 152 cm³/mol. The Labute approximate surface area is 238 Å². The minimum Gasteiger partial charge on any atom is -0.480 e. The largest absolute Gasteiger partial charge is 0.480 e. The lowest BCUT2D eigenvalue weighted by molar-refractivity contribution is -0.151. The maximum atomic E-state index is 14.2. The van der Waals surface area contributed by atoms with Crippen molar-refractivity contribution in [3.05, 3.63) is 76.8 Å². The zero-order chi connectivity index (χ0) is 28.8. The number of fused-ring (bicyclic) bond motifs is 2. The first kappa shape index (κ1) is 28.1. The monoisotopic (exact) mass is 564 g/mol. The molecule has 1 saturated heterocycles. The van der Waals surface area contributed by atoms with Crippen LogP contribution in [0.2, 0.25) is 5.02 Å². The maximum Gasteiger partial charge on any atom is 0.326 e. The first-order valence-electron chi connectivity index (χ1n) is 13.4. The van der Waals surface area contributed by atoms with Crippen LogP contribution in [-0.4, -0.2) is 64.2 Å². The molecule has 0 bridgehead atoms. The summed E-state index contributed by atoms with van der Waals surface area (Å²) >= 11 is 6.49. The van der Waals surface area contributed by atoms with Gasteiger partial charge >= 0.3 is 5.97 Å². The van der Waals surface area contributed by atoms with E-state index in [2.05, 4.69) is 0 Å². The minimum absolute atomic E-state index is 0.0563. The second kappa shape index (κ2) is 10.8. The van der Waals surface area contributed by atoms with Gasteiger partial charge in [0.15, 0.2) is 0 Å². The Morgan fingerprint density at radius 2 is 1.77 bits per heavy atom. The Bertz CT molecular complexity index is 1460. The molecule has 2 heterocycles. The third-order valence-electron chi connectivity index (χ3n) is 7.39. The van der Waals surface area contributed by atoms with Crippen LogP contribution in [0.1, 0.15) is 50.8 Å². The molecule has 2 aliphatic rings. The highest BCUT2D eigenvalue weighted by atomic mass is 35.5. The number of aliphatic hydroxyl groups is 1. The summed E-state index contributed by atoms with van der Waals surface area (Å²) in [5.41, 5.74) is 1.89. The number of nitrogens with zero attached hydrogens (tertiary/aromatic N) is 2. The average molecular weight is 565 g/mol. The van der Waals surface area contributed by atoms with Crippen molar-refractivity contribution >= 4 is 45.8 Å². The number of aliphatic hydroxyl groups excluding tert-OH is 1. The van der Waals surface area contributed by atoms with Gasteiger partial charge in [0, 0.05) is 35.8 Å². The lowest BCUT2D eigenvalue weighted by Gasteiger charge is -2.32. The molecule has 0 aliphatic carbocycles. The number of hydrogen-bond donors (Lipinski definition) is 2. The lowest BCUT2D eigenvalue weighted by atomic mass is 9.93. The molecule has 0 radical (unpaired) electrons. The molecule has 0 aromatic heterocycles. The minimum atomic E-state index is -1.20. The van der Waals surface area contributed by atoms with Gasteiger partial charge in [-0.25, -0.2) is 4.79 Å². The number of likely N-dealkylation sites (tertiary alicyclic amines) is 1. The Kier molecular flexibility index (Phi) is 7.61. The number of carboxylic acids is 1. The summed E-state index contributed by atoms with van der Waals surface area (Å²) in [6.07, 6.45) is -3.29. The van der Waals surface area contributed by atoms with Gasteiger partial charge in [-0.2, -0.15) is 0 Å². The van der Waals surface area contributed by atoms with Crippen molar-refractivity contribution in [2.75, 3.05) is 18.0 Å². The summed E-state index contributed by atoms with van der Waals surface area (Å²) in [6, 6.07) is 17.9. The Morgan fingerprint density at radius 3 is 2.50 bits per heavy atom. The van der Waals surface area contributed by atoms with Gasteiger partial charge < -0.3 is 24.7 Å². The predicted octanol–water partition coefficient (Wildman–Crippen LogP) is 4.80. The van der Waals surface area contributed by atoms with Gasteiger partial charge in [0.25, 0.3) is 5.91 Å². The molecule has 0 saturated carbocycles. The van der Waals surface area contributed by atoms with E-state index in [1.807, 2.05) is 69.3 Å². The molecular formula is C31H33ClN2O6. The van der Waals surface area contributed by atoms with Gasteiger partial charge in [0.1, 0.15) is 18.2 Å². The Hall–Kier alpha value is -3.46. The van der Waals surface area contributed by atoms with Gasteiger partial charge in [-0.3, -0.25) is 9.59 Å². The number of ether oxygens (including phenoxy) is 1. The maximum absolute atomic E-state index is 14.2. The van der Waals surface area contributed by atoms with Crippen LogP contribution in [0.4, 0.5) is 5.69 Å². The van der Waals surface area contributed by atoms with Crippen molar-refractivity contribution in [3.8, 4) is 0 Å². The van der Waals surface area contributed by atoms with E-state index < -0.39 is 36.2 Å². The van der Waals surface area contributed by atoms with Crippen LogP contribution in [-0.2, 0) is 19.1 Å². The van der Waals surface area contributed by atoms with E-state index in [1.54, 1.807) is 17.0 Å². The summed E-state index contributed by atoms with van der Waals surface area (Å²) in [7, 11) is 0. The molecule has 5 rings (SSSR count). The van der Waals surface area contributed by atoms with Crippen molar-refractivity contribution in [1.29, 1.82) is 0 Å². The number of halogens is 1. The number of carbonyl (C=O) groups excluding carboxylic acids is 2. The first-order valence-corrected chi connectivity index (χ1v) is 13.7. The molecule has 4 atom stereocenters. The number of rotatable bonds is 5. The second-order valence-electron chi connectivity index (χ2n) is 11.8. The highest BCUT2D eigenvalue weighted by molar-refractivity contribution is 6.30. The third kappa shape index (κ3) is 5.57. The van der Waals surface area contributed by atoms with Crippen molar-refractivity contribution in [1.82, 2.24) is 4.90 Å². The average Bonchev–Trinajstić information content (AvgIpc) is 3.27. The molecule has 8 nitrogen and oxygen atoms in total. The van der Waals surface area contributed by atoms with Crippen LogP contribution in [0.25, 0.3) is 10.8 Å². The quantitative estimate of drug-likeness (QED) is 0.461. The molecule has 3 unspecified atom stereocenters. The van der Waals surface area contributed by atoms with E-state index in [1.165, 1.54) is 0 Å². The van der Waals surface area contributed by atoms with E-state index in [4.69, 9.17) is 16.3 Å². The van der Waals surface area contributed by atoms with E-state index in [9.17, 15) is 24.6 Å². The van der Waals surface area contributed by atoms with Crippen LogP contribution in [0, 0.1) is 5.41 Å². The number of β-amino-alcohol motifs (C(OH)–C–C–N with tert-alkyl or cyclic N) is 1. The molecule has 3 aromatic carbocycles. The summed E-state index contributed by atoms with van der Waals surface area (Å²) in [4.78, 5) is 42.3. The number of carboxylic acid groups (broad SMARTS) is 1. The summed E-state index contributed by atoms with van der Waals surface area (Å²) < 4.78 is 6.59. The van der Waals surface area contributed by atoms with E-state index in [0.717, 1.165) is 21.2 Å². The molecule has 210 valence electrons. The number of benzene rings is 3. The van der Waals surface area contributed by atoms with Crippen LogP contribution >= 0.6 is 11.6 Å². The van der Waals surface area contributed by atoms with E-state index in [0.29, 0.717) is 22.8 Å². The second-order valence-corrected chi connectivity index (χ2v) is 12.2. The van der Waals surface area contributed by atoms with Crippen molar-refractivity contribution in [2.45, 2.75) is 58.0 Å². The number of hydrogen-bond acceptors (Lipinski definition) is 5. The fraction of sp³-hybridized carbons (Fsp3) is 0.387. The molecule has 40 heavy (non-hydrogen) atoms. The molecule has 9 heteroatoms. The number of carbonyl (C=O) groups is 3. The van der Waals surface area contributed by atoms with Gasteiger partial charge in [0.2, 0.25) is 5.91 Å². The molecule has 0 spiro atoms. The lowest BCUT2D eigenvalue weighted by Crippen LogP contribution is -2.47. The zero-order valence-corrected chi connectivity index (χ0v) is 23.5. The fourth-order valence-electron chi connectivity index (χ4n) is 5.66. The number of anilines is 1. The van der Waals surface area contributed by atoms with Crippen molar-refractivity contribution in [3.63, 3.8) is 0 Å². The topological polar surface area (TPSA) is 107 Å². The Balaban J connectivity index is 1.62. The van der Waals surface area contributed by atoms with Crippen molar-refractivity contribution in [2.24, 2.45) is 5.41 Å². The highest BCUT2D eigenvalue weighted by Crippen LogP contribution is 2.43. The summed E-state index contributed by atoms with van der Waals surface area (Å²) in [6.45, 7) is 6.31. The molecule has 2 N–H and O–H groups in total. The van der Waals surface area contributed by atoms with Gasteiger partial charge in [-0.1, -0.05) is 74.8 Å². The molecule has 2 amide bonds. The van der Waals surface area contributed by atoms with E-state index >= 15 is 0 Å². The van der Waals surface area contributed by atoms with Crippen LogP contribution in [0.3, 0.4) is 0 Å². The first-order chi connectivity index (χ1) is 18.9. The fourth-order valence-corrected chi connectivity index (χ4v) is 5.84. The highest BCUT2D eigenvalue weighted by Gasteiger charge is 2.43. The SMILES string of the molecule is CC(C)(C)CN1C(=O)C(CC(=O)N2CC(O)C[C@H]2C(=O)O)OC(c2cccc3ccccc23)c2cc(Cl)ccc21. The standard InChI is InChI=1S/C31H33ClN2O6/c1-31(2,3)17-34-24-12-11-19(32)13-23(24)28(22-10-6-8-18-7-4-5-9-21(18)22)40-26(29(34)37)15-27(36)33-16-20(35)14-25(33)30(38)39/h4-13,20,25-26,28,35H,14-17H2,1-3H3,(H,38,39)/t20?,25-,26?,28?/m0/s1. The van der Waals surface area contributed by atoms with Crippen molar-refractivity contribution < 1.29 is 29.3 Å². The van der Waals surface area contributed by atoms with Gasteiger partial charge in [0.05, 0.1) is 12.5 Å². The molecule has 2 aliphatic heterocycles. The van der Waals surface area contributed by atoms with Gasteiger partial charge in [-0.05, 0) is 39.9 Å². The Morgan fingerprint density at radius 1 is 1.05 bits per heavy atom. The molecule has 3 aromatic rings. The van der Waals surface area contributed by atoms with E-state index in [-0.39, 0.29) is 30.7 Å². The smallest absolute Gasteiger partial charge is 0.326 e. The van der Waals surface area contributed by atoms with Gasteiger partial charge in [-0.15, -0.1) is 0 Å². The zero-order valence-electron chi connectivity index (χ0n) is 22.7. The summed E-state index contributed by atoms with van der Waals surface area (Å²) in [5, 5.41) is 22.2. The molecular weight excluding hydrogens is 532 g/mol. The third-order valence-corrected chi connectivity index (χ3v) is 7.62. The van der Waals surface area contributed by atoms with Crippen LogP contribution in [0.5, 0.6) is 0 Å².